The first-order valence-corrected chi connectivity index (χ1v) is 10.1. The minimum Gasteiger partial charge on any atom is -0.447 e. The van der Waals surface area contributed by atoms with Gasteiger partial charge in [0.05, 0.1) is 0 Å². The molecule has 150 valence electrons. The molecule has 0 amide bonds. The largest absolute Gasteiger partial charge is 0.447 e. The van der Waals surface area contributed by atoms with Crippen LogP contribution in [0.2, 0.25) is 0 Å². The van der Waals surface area contributed by atoms with Crippen molar-refractivity contribution in [2.24, 2.45) is 0 Å². The molecule has 0 aliphatic carbocycles. The van der Waals surface area contributed by atoms with Crippen LogP contribution in [-0.4, -0.2) is 17.4 Å². The summed E-state index contributed by atoms with van der Waals surface area (Å²) in [6.07, 6.45) is 0.227. The van der Waals surface area contributed by atoms with E-state index in [0.29, 0.717) is 0 Å². The second kappa shape index (κ2) is 6.38. The van der Waals surface area contributed by atoms with Crippen molar-refractivity contribution < 1.29 is 19.1 Å². The van der Waals surface area contributed by atoms with Crippen LogP contribution in [0.1, 0.15) is 42.5 Å². The summed E-state index contributed by atoms with van der Waals surface area (Å²) in [5, 5.41) is 0. The number of hydrogen-bond acceptors (Lipinski definition) is 4. The molecule has 4 heteroatoms. The lowest BCUT2D eigenvalue weighted by atomic mass is 9.62. The number of benzene rings is 3. The molecule has 30 heavy (non-hydrogen) atoms. The number of rotatable bonds is 4. The Morgan fingerprint density at radius 3 is 1.87 bits per heavy atom. The Hall–Kier alpha value is -3.24. The molecule has 3 atom stereocenters. The maximum Gasteiger partial charge on any atom is 0.303 e. The highest BCUT2D eigenvalue weighted by atomic mass is 16.6. The molecule has 4 nitrogen and oxygen atoms in total. The van der Waals surface area contributed by atoms with E-state index in [1.807, 2.05) is 84.9 Å². The maximum atomic E-state index is 13.3. The molecule has 1 fully saturated rings. The van der Waals surface area contributed by atoms with E-state index < -0.39 is 22.8 Å². The Morgan fingerprint density at radius 1 is 0.767 bits per heavy atom. The second-order valence-electron chi connectivity index (χ2n) is 8.04. The Balaban J connectivity index is 1.90. The van der Waals surface area contributed by atoms with Gasteiger partial charge in [-0.15, -0.1) is 0 Å². The van der Waals surface area contributed by atoms with Crippen molar-refractivity contribution in [3.8, 4) is 0 Å². The molecular formula is C26H22O4. The van der Waals surface area contributed by atoms with Crippen molar-refractivity contribution in [3.05, 3.63) is 107 Å². The first kappa shape index (κ1) is 18.8. The summed E-state index contributed by atoms with van der Waals surface area (Å²) in [5.74, 6) is -0.730. The van der Waals surface area contributed by atoms with Crippen LogP contribution in [-0.2, 0) is 30.3 Å². The van der Waals surface area contributed by atoms with E-state index in [1.165, 1.54) is 13.8 Å². The average Bonchev–Trinajstić information content (AvgIpc) is 3.24. The zero-order valence-corrected chi connectivity index (χ0v) is 16.9. The Labute approximate surface area is 175 Å². The lowest BCUT2D eigenvalue weighted by molar-refractivity contribution is -0.181. The topological polar surface area (TPSA) is 52.6 Å². The quantitative estimate of drug-likeness (QED) is 0.608. The van der Waals surface area contributed by atoms with Gasteiger partial charge in [0.15, 0.2) is 11.4 Å². The van der Waals surface area contributed by atoms with Crippen molar-refractivity contribution in [2.45, 2.75) is 37.1 Å². The number of Topliss-reactive ketones (excluding diaryl/α,β-unsaturated/α-hetero) is 1. The van der Waals surface area contributed by atoms with Crippen molar-refractivity contribution in [1.29, 1.82) is 0 Å². The van der Waals surface area contributed by atoms with Gasteiger partial charge in [-0.25, -0.2) is 0 Å². The summed E-state index contributed by atoms with van der Waals surface area (Å²) >= 11 is 0. The molecule has 0 unspecified atom stereocenters. The second-order valence-corrected chi connectivity index (χ2v) is 8.04. The van der Waals surface area contributed by atoms with Gasteiger partial charge >= 0.3 is 5.97 Å². The first-order chi connectivity index (χ1) is 14.5. The van der Waals surface area contributed by atoms with E-state index in [4.69, 9.17) is 9.47 Å². The van der Waals surface area contributed by atoms with Gasteiger partial charge in [-0.2, -0.15) is 0 Å². The number of esters is 1. The fourth-order valence-corrected chi connectivity index (χ4v) is 5.36. The molecule has 2 aliphatic rings. The number of ketones is 1. The molecular weight excluding hydrogens is 376 g/mol. The van der Waals surface area contributed by atoms with E-state index in [0.717, 1.165) is 22.3 Å². The molecule has 3 aromatic carbocycles. The van der Waals surface area contributed by atoms with E-state index in [9.17, 15) is 9.59 Å². The van der Waals surface area contributed by atoms with E-state index >= 15 is 0 Å². The SMILES string of the molecule is CC(=O)O[C@]1(C(C)=O)C[C@]2(c3ccccc3)O[C@@]1(c1ccccc1)c1ccccc12. The van der Waals surface area contributed by atoms with Gasteiger partial charge in [0.2, 0.25) is 5.60 Å². The normalized spacial score (nSPS) is 28.7. The number of carbonyl (C=O) groups is 2. The Morgan fingerprint density at radius 2 is 1.30 bits per heavy atom. The number of hydrogen-bond donors (Lipinski definition) is 0. The van der Waals surface area contributed by atoms with Gasteiger partial charge in [-0.3, -0.25) is 9.59 Å². The summed E-state index contributed by atoms with van der Waals surface area (Å²) in [4.78, 5) is 25.6. The fraction of sp³-hybridized carbons (Fsp3) is 0.231. The zero-order valence-electron chi connectivity index (χ0n) is 16.9. The van der Waals surface area contributed by atoms with Gasteiger partial charge in [0, 0.05) is 13.3 Å². The monoisotopic (exact) mass is 398 g/mol. The summed E-state index contributed by atoms with van der Waals surface area (Å²) in [5.41, 5.74) is 0.0128. The van der Waals surface area contributed by atoms with Crippen molar-refractivity contribution in [1.82, 2.24) is 0 Å². The standard InChI is InChI=1S/C26H22O4/c1-18(27)25(29-19(2)28)17-24(20-11-5-3-6-12-20)22-15-9-10-16-23(22)26(25,30-24)21-13-7-4-8-14-21/h3-16H,17H2,1-2H3/t24-,25+,26+/m1/s1. The van der Waals surface area contributed by atoms with Crippen LogP contribution >= 0.6 is 0 Å². The van der Waals surface area contributed by atoms with Crippen LogP contribution in [0.25, 0.3) is 0 Å². The molecule has 0 N–H and O–H groups in total. The minimum absolute atomic E-state index is 0.227. The van der Waals surface area contributed by atoms with Gasteiger partial charge in [0.1, 0.15) is 5.60 Å². The van der Waals surface area contributed by atoms with E-state index in [1.54, 1.807) is 0 Å². The predicted molar refractivity (Wildman–Crippen MR) is 112 cm³/mol. The van der Waals surface area contributed by atoms with Crippen LogP contribution in [0, 0.1) is 0 Å². The van der Waals surface area contributed by atoms with Crippen molar-refractivity contribution >= 4 is 11.8 Å². The smallest absolute Gasteiger partial charge is 0.303 e. The highest BCUT2D eigenvalue weighted by molar-refractivity contribution is 5.92. The van der Waals surface area contributed by atoms with Gasteiger partial charge in [0.25, 0.3) is 0 Å². The average molecular weight is 398 g/mol. The third-order valence-electron chi connectivity index (χ3n) is 6.44. The lowest BCUT2D eigenvalue weighted by Crippen LogP contribution is -2.57. The highest BCUT2D eigenvalue weighted by Crippen LogP contribution is 2.68. The summed E-state index contributed by atoms with van der Waals surface area (Å²) < 4.78 is 12.9. The van der Waals surface area contributed by atoms with Crippen molar-refractivity contribution in [3.63, 3.8) is 0 Å². The number of fused-ring (bicyclic) bond motifs is 5. The predicted octanol–water partition coefficient (Wildman–Crippen LogP) is 4.50. The molecule has 2 bridgehead atoms. The van der Waals surface area contributed by atoms with Crippen LogP contribution in [0.5, 0.6) is 0 Å². The van der Waals surface area contributed by atoms with Crippen LogP contribution in [0.3, 0.4) is 0 Å². The third kappa shape index (κ3) is 2.20. The molecule has 0 aromatic heterocycles. The molecule has 0 spiro atoms. The van der Waals surface area contributed by atoms with Crippen LogP contribution < -0.4 is 0 Å². The van der Waals surface area contributed by atoms with Gasteiger partial charge in [-0.05, 0) is 29.2 Å². The summed E-state index contributed by atoms with van der Waals surface area (Å²) in [6, 6.07) is 27.4. The zero-order chi connectivity index (χ0) is 21.0. The minimum atomic E-state index is -1.47. The number of ether oxygens (including phenoxy) is 2. The third-order valence-corrected chi connectivity index (χ3v) is 6.44. The molecule has 2 aliphatic heterocycles. The molecule has 0 saturated carbocycles. The van der Waals surface area contributed by atoms with E-state index in [-0.39, 0.29) is 12.2 Å². The molecule has 5 rings (SSSR count). The molecule has 2 heterocycles. The van der Waals surface area contributed by atoms with Gasteiger partial charge < -0.3 is 9.47 Å². The Bertz CT molecular complexity index is 1140. The van der Waals surface area contributed by atoms with Crippen LogP contribution in [0.15, 0.2) is 84.9 Å². The molecule has 3 aromatic rings. The van der Waals surface area contributed by atoms with Crippen molar-refractivity contribution in [2.75, 3.05) is 0 Å². The highest BCUT2D eigenvalue weighted by Gasteiger charge is 2.76. The summed E-state index contributed by atoms with van der Waals surface area (Å²) in [6.45, 7) is 2.83. The fourth-order valence-electron chi connectivity index (χ4n) is 5.36. The van der Waals surface area contributed by atoms with E-state index in [2.05, 4.69) is 0 Å². The lowest BCUT2D eigenvalue weighted by Gasteiger charge is -2.43. The van der Waals surface area contributed by atoms with Gasteiger partial charge in [-0.1, -0.05) is 84.9 Å². The first-order valence-electron chi connectivity index (χ1n) is 10.1. The number of carbonyl (C=O) groups excluding carboxylic acids is 2. The summed E-state index contributed by atoms with van der Waals surface area (Å²) in [7, 11) is 0. The molecule has 0 radical (unpaired) electrons. The Kier molecular flexibility index (Phi) is 3.99. The maximum absolute atomic E-state index is 13.3. The molecule has 1 saturated heterocycles. The van der Waals surface area contributed by atoms with Crippen LogP contribution in [0.4, 0.5) is 0 Å².